The van der Waals surface area contributed by atoms with Gasteiger partial charge in [-0.15, -0.1) is 0 Å². The van der Waals surface area contributed by atoms with E-state index >= 15 is 0 Å². The molecule has 0 spiro atoms. The first-order chi connectivity index (χ1) is 11.9. The van der Waals surface area contributed by atoms with E-state index in [0.717, 1.165) is 16.5 Å². The van der Waals surface area contributed by atoms with Crippen LogP contribution in [0.1, 0.15) is 25.0 Å². The van der Waals surface area contributed by atoms with Crippen LogP contribution in [-0.4, -0.2) is 20.3 Å². The molecule has 0 amide bonds. The van der Waals surface area contributed by atoms with Crippen molar-refractivity contribution in [3.8, 4) is 0 Å². The highest BCUT2D eigenvalue weighted by molar-refractivity contribution is 7.99. The van der Waals surface area contributed by atoms with E-state index in [0.29, 0.717) is 23.6 Å². The molecule has 2 heterocycles. The first-order valence-electron chi connectivity index (χ1n) is 8.30. The molecule has 2 N–H and O–H groups in total. The van der Waals surface area contributed by atoms with E-state index in [1.54, 1.807) is 18.8 Å². The molecular formula is C18H23N4O2S+. The molecule has 2 aromatic heterocycles. The van der Waals surface area contributed by atoms with E-state index < -0.39 is 5.69 Å². The van der Waals surface area contributed by atoms with Crippen LogP contribution in [0.15, 0.2) is 39.0 Å². The van der Waals surface area contributed by atoms with Crippen molar-refractivity contribution in [2.75, 3.05) is 5.75 Å². The summed E-state index contributed by atoms with van der Waals surface area (Å²) < 4.78 is 3.41. The molecule has 6 nitrogen and oxygen atoms in total. The van der Waals surface area contributed by atoms with Gasteiger partial charge in [-0.05, 0) is 30.2 Å². The van der Waals surface area contributed by atoms with Crippen molar-refractivity contribution in [1.29, 1.82) is 0 Å². The highest BCUT2D eigenvalue weighted by Gasteiger charge is 2.25. The van der Waals surface area contributed by atoms with Crippen LogP contribution < -0.4 is 15.8 Å². The van der Waals surface area contributed by atoms with Crippen molar-refractivity contribution in [1.82, 2.24) is 14.5 Å². The first kappa shape index (κ1) is 17.5. The van der Waals surface area contributed by atoms with Crippen LogP contribution in [0.2, 0.25) is 0 Å². The molecular weight excluding hydrogens is 336 g/mol. The molecule has 0 bridgehead atoms. The molecule has 132 valence electrons. The lowest BCUT2D eigenvalue weighted by Crippen LogP contribution is -2.41. The third-order valence-corrected chi connectivity index (χ3v) is 5.48. The Bertz CT molecular complexity index is 1010. The molecule has 1 aromatic carbocycles. The third kappa shape index (κ3) is 3.56. The van der Waals surface area contributed by atoms with Gasteiger partial charge in [-0.25, -0.2) is 14.3 Å². The maximum Gasteiger partial charge on any atom is 0.331 e. The third-order valence-electron chi connectivity index (χ3n) is 4.05. The van der Waals surface area contributed by atoms with Gasteiger partial charge >= 0.3 is 16.4 Å². The molecule has 0 aliphatic rings. The number of thioether (sulfide) groups is 1. The summed E-state index contributed by atoms with van der Waals surface area (Å²) in [6.45, 7) is 6.93. The van der Waals surface area contributed by atoms with Gasteiger partial charge in [0.15, 0.2) is 0 Å². The van der Waals surface area contributed by atoms with E-state index in [4.69, 9.17) is 0 Å². The molecule has 0 aliphatic carbocycles. The van der Waals surface area contributed by atoms with Crippen molar-refractivity contribution >= 4 is 22.9 Å². The Morgan fingerprint density at radius 3 is 2.48 bits per heavy atom. The molecule has 0 unspecified atom stereocenters. The molecule has 0 atom stereocenters. The quantitative estimate of drug-likeness (QED) is 0.540. The first-order valence-corrected chi connectivity index (χ1v) is 9.28. The van der Waals surface area contributed by atoms with Crippen molar-refractivity contribution in [2.45, 2.75) is 32.5 Å². The van der Waals surface area contributed by atoms with Gasteiger partial charge in [-0.2, -0.15) is 0 Å². The average Bonchev–Trinajstić information content (AvgIpc) is 2.92. The van der Waals surface area contributed by atoms with Gasteiger partial charge < -0.3 is 0 Å². The lowest BCUT2D eigenvalue weighted by molar-refractivity contribution is -0.700. The molecule has 0 saturated carbocycles. The minimum absolute atomic E-state index is 0.363. The predicted molar refractivity (Wildman–Crippen MR) is 100 cm³/mol. The summed E-state index contributed by atoms with van der Waals surface area (Å²) >= 11 is 1.67. The van der Waals surface area contributed by atoms with Crippen LogP contribution in [-0.2, 0) is 13.6 Å². The number of H-pyrrole nitrogens is 2. The molecule has 0 fully saturated rings. The van der Waals surface area contributed by atoms with Gasteiger partial charge in [0.2, 0.25) is 0 Å². The Kier molecular flexibility index (Phi) is 4.85. The molecule has 0 aliphatic heterocycles. The van der Waals surface area contributed by atoms with Gasteiger partial charge in [-0.3, -0.25) is 14.3 Å². The zero-order valence-corrected chi connectivity index (χ0v) is 15.7. The Balaban J connectivity index is 2.16. The normalized spacial score (nSPS) is 11.6. The molecule has 0 radical (unpaired) electrons. The number of hydrogen-bond donors (Lipinski definition) is 2. The maximum absolute atomic E-state index is 12.4. The van der Waals surface area contributed by atoms with Crippen molar-refractivity contribution < 1.29 is 4.57 Å². The highest BCUT2D eigenvalue weighted by atomic mass is 32.2. The number of fused-ring (bicyclic) bond motifs is 1. The lowest BCUT2D eigenvalue weighted by Gasteiger charge is -2.04. The number of nitrogens with one attached hydrogen (secondary N) is 2. The van der Waals surface area contributed by atoms with Crippen molar-refractivity contribution in [3.05, 3.63) is 56.2 Å². The van der Waals surface area contributed by atoms with E-state index in [9.17, 15) is 9.59 Å². The van der Waals surface area contributed by atoms with Crippen LogP contribution >= 0.6 is 11.8 Å². The summed E-state index contributed by atoms with van der Waals surface area (Å²) in [4.78, 5) is 30.0. The molecule has 3 aromatic rings. The largest absolute Gasteiger partial charge is 0.331 e. The standard InChI is InChI=1S/C18H22N4O2S/c1-11(2)10-25-18-19-15-14(16(23)20-17(24)21(15)4)22(18)9-13-7-5-12(3)6-8-13/h5-8,11H,9-10H2,1-4H3,(H,20,23,24)/p+1. The fourth-order valence-corrected chi connectivity index (χ4v) is 3.63. The number of imidazole rings is 1. The smallest absolute Gasteiger partial charge is 0.270 e. The zero-order valence-electron chi connectivity index (χ0n) is 14.9. The highest BCUT2D eigenvalue weighted by Crippen LogP contribution is 2.18. The van der Waals surface area contributed by atoms with Gasteiger partial charge in [0, 0.05) is 12.8 Å². The van der Waals surface area contributed by atoms with Gasteiger partial charge in [0.1, 0.15) is 6.54 Å². The zero-order chi connectivity index (χ0) is 18.1. The second-order valence-corrected chi connectivity index (χ2v) is 7.73. The SMILES string of the molecule is Cc1ccc(C[n+]2c(SCC(C)C)[nH]c3c2c(=O)[nH]c(=O)n3C)cc1. The number of hydrogen-bond acceptors (Lipinski definition) is 3. The molecule has 0 saturated heterocycles. The van der Waals surface area contributed by atoms with Crippen molar-refractivity contribution in [3.63, 3.8) is 0 Å². The van der Waals surface area contributed by atoms with Crippen LogP contribution in [0.25, 0.3) is 11.2 Å². The summed E-state index contributed by atoms with van der Waals surface area (Å²) in [5, 5.41) is 0.885. The van der Waals surface area contributed by atoms with Crippen LogP contribution in [0.4, 0.5) is 0 Å². The number of aryl methyl sites for hydroxylation is 2. The minimum Gasteiger partial charge on any atom is -0.270 e. The van der Waals surface area contributed by atoms with E-state index in [1.165, 1.54) is 10.1 Å². The molecule has 3 rings (SSSR count). The number of aromatic amines is 2. The van der Waals surface area contributed by atoms with Crippen molar-refractivity contribution in [2.24, 2.45) is 13.0 Å². The number of aromatic nitrogens is 4. The molecule has 25 heavy (non-hydrogen) atoms. The van der Waals surface area contributed by atoms with E-state index in [-0.39, 0.29) is 5.56 Å². The minimum atomic E-state index is -0.415. The summed E-state index contributed by atoms with van der Waals surface area (Å²) in [6, 6.07) is 8.25. The van der Waals surface area contributed by atoms with E-state index in [2.05, 4.69) is 48.1 Å². The van der Waals surface area contributed by atoms with Gasteiger partial charge in [-0.1, -0.05) is 43.7 Å². The lowest BCUT2D eigenvalue weighted by atomic mass is 10.1. The van der Waals surface area contributed by atoms with Crippen LogP contribution in [0.3, 0.4) is 0 Å². The topological polar surface area (TPSA) is 74.5 Å². The summed E-state index contributed by atoms with van der Waals surface area (Å²) in [7, 11) is 1.66. The summed E-state index contributed by atoms with van der Waals surface area (Å²) in [5.74, 6) is 1.44. The monoisotopic (exact) mass is 359 g/mol. The Hall–Kier alpha value is -2.28. The summed E-state index contributed by atoms with van der Waals surface area (Å²) in [5.41, 5.74) is 2.57. The molecule has 7 heteroatoms. The Labute approximate surface area is 149 Å². The Morgan fingerprint density at radius 1 is 1.16 bits per heavy atom. The van der Waals surface area contributed by atoms with Crippen LogP contribution in [0.5, 0.6) is 0 Å². The maximum atomic E-state index is 12.4. The number of nitrogens with zero attached hydrogens (tertiary/aromatic N) is 2. The average molecular weight is 359 g/mol. The second-order valence-electron chi connectivity index (χ2n) is 6.72. The fourth-order valence-electron chi connectivity index (χ4n) is 2.66. The summed E-state index contributed by atoms with van der Waals surface area (Å²) in [6.07, 6.45) is 0. The fraction of sp³-hybridized carbons (Fsp3) is 0.389. The Morgan fingerprint density at radius 2 is 1.84 bits per heavy atom. The number of rotatable bonds is 5. The van der Waals surface area contributed by atoms with Gasteiger partial charge in [0.05, 0.1) is 0 Å². The second kappa shape index (κ2) is 6.92. The predicted octanol–water partition coefficient (Wildman–Crippen LogP) is 1.95. The van der Waals surface area contributed by atoms with E-state index in [1.807, 2.05) is 11.5 Å². The number of benzene rings is 1. The van der Waals surface area contributed by atoms with Crippen LogP contribution in [0, 0.1) is 12.8 Å². The van der Waals surface area contributed by atoms with Gasteiger partial charge in [0.25, 0.3) is 11.2 Å².